The maximum Gasteiger partial charge on any atom is 0.309 e. The number of methoxy groups -OCH3 is 2. The van der Waals surface area contributed by atoms with Crippen LogP contribution < -0.4 is 5.32 Å². The van der Waals surface area contributed by atoms with Crippen molar-refractivity contribution < 1.29 is 19.1 Å². The van der Waals surface area contributed by atoms with Crippen LogP contribution >= 0.6 is 0 Å². The van der Waals surface area contributed by atoms with E-state index < -0.39 is 0 Å². The maximum absolute atomic E-state index is 10.9. The number of carbonyl (C=O) groups excluding carboxylic acids is 2. The summed E-state index contributed by atoms with van der Waals surface area (Å²) >= 11 is 0. The Morgan fingerprint density at radius 1 is 1.29 bits per heavy atom. The van der Waals surface area contributed by atoms with Crippen LogP contribution in [0.2, 0.25) is 0 Å². The number of esters is 2. The van der Waals surface area contributed by atoms with Gasteiger partial charge in [0.05, 0.1) is 26.6 Å². The molecule has 0 heterocycles. The van der Waals surface area contributed by atoms with E-state index >= 15 is 0 Å². The monoisotopic (exact) mass is 203 g/mol. The minimum absolute atomic E-state index is 0.197. The molecule has 82 valence electrons. The van der Waals surface area contributed by atoms with Crippen LogP contribution in [0.1, 0.15) is 13.3 Å². The molecule has 14 heavy (non-hydrogen) atoms. The molecule has 1 atom stereocenters. The first-order valence-corrected chi connectivity index (χ1v) is 4.47. The van der Waals surface area contributed by atoms with Crippen LogP contribution in [-0.2, 0) is 19.1 Å². The van der Waals surface area contributed by atoms with Crippen LogP contribution in [0.5, 0.6) is 0 Å². The molecule has 5 heteroatoms. The molecule has 0 aromatic rings. The van der Waals surface area contributed by atoms with Gasteiger partial charge in [0.1, 0.15) is 0 Å². The molecule has 0 aliphatic rings. The summed E-state index contributed by atoms with van der Waals surface area (Å²) in [7, 11) is 2.70. The smallest absolute Gasteiger partial charge is 0.309 e. The number of rotatable bonds is 6. The highest BCUT2D eigenvalue weighted by molar-refractivity contribution is 5.72. The molecule has 5 nitrogen and oxygen atoms in total. The largest absolute Gasteiger partial charge is 0.469 e. The van der Waals surface area contributed by atoms with E-state index in [0.717, 1.165) is 0 Å². The topological polar surface area (TPSA) is 64.6 Å². The van der Waals surface area contributed by atoms with Gasteiger partial charge in [0.15, 0.2) is 0 Å². The molecule has 0 rings (SSSR count). The summed E-state index contributed by atoms with van der Waals surface area (Å²) in [6.07, 6.45) is 0.310. The van der Waals surface area contributed by atoms with Crippen molar-refractivity contribution in [2.45, 2.75) is 13.3 Å². The average Bonchev–Trinajstić information content (AvgIpc) is 2.22. The summed E-state index contributed by atoms with van der Waals surface area (Å²) in [5.41, 5.74) is 0. The molecule has 0 aliphatic carbocycles. The Labute approximate surface area is 83.8 Å². The minimum atomic E-state index is -0.261. The molecule has 1 N–H and O–H groups in total. The standard InChI is InChI=1S/C9H17NO4/c1-7(9(12)14-3)6-10-5-4-8(11)13-2/h7,10H,4-6H2,1-3H3/t7-/m1/s1. The second-order valence-electron chi connectivity index (χ2n) is 2.95. The van der Waals surface area contributed by atoms with Crippen LogP contribution in [0, 0.1) is 5.92 Å². The Morgan fingerprint density at radius 2 is 1.93 bits per heavy atom. The normalized spacial score (nSPS) is 11.9. The van der Waals surface area contributed by atoms with Gasteiger partial charge in [-0.25, -0.2) is 0 Å². The van der Waals surface area contributed by atoms with E-state index in [1.165, 1.54) is 14.2 Å². The Morgan fingerprint density at radius 3 is 2.43 bits per heavy atom. The molecule has 0 aromatic heterocycles. The number of nitrogens with one attached hydrogen (secondary N) is 1. The van der Waals surface area contributed by atoms with E-state index in [4.69, 9.17) is 0 Å². The van der Waals surface area contributed by atoms with Gasteiger partial charge < -0.3 is 14.8 Å². The number of hydrogen-bond donors (Lipinski definition) is 1. The van der Waals surface area contributed by atoms with Crippen LogP contribution in [0.4, 0.5) is 0 Å². The third kappa shape index (κ3) is 5.53. The molecule has 0 saturated carbocycles. The highest BCUT2D eigenvalue weighted by Crippen LogP contribution is 1.95. The second kappa shape index (κ2) is 7.32. The molecule has 0 radical (unpaired) electrons. The SMILES string of the molecule is COC(=O)CCNC[C@@H](C)C(=O)OC. The molecule has 0 saturated heterocycles. The van der Waals surface area contributed by atoms with Gasteiger partial charge in [-0.1, -0.05) is 6.92 Å². The summed E-state index contributed by atoms with van der Waals surface area (Å²) in [4.78, 5) is 21.6. The Balaban J connectivity index is 3.45. The first-order valence-electron chi connectivity index (χ1n) is 4.47. The van der Waals surface area contributed by atoms with Crippen LogP contribution in [0.25, 0.3) is 0 Å². The fourth-order valence-corrected chi connectivity index (χ4v) is 0.896. The summed E-state index contributed by atoms with van der Waals surface area (Å²) in [6.45, 7) is 2.77. The average molecular weight is 203 g/mol. The Bertz CT molecular complexity index is 193. The Kier molecular flexibility index (Phi) is 6.74. The fraction of sp³-hybridized carbons (Fsp3) is 0.778. The van der Waals surface area contributed by atoms with Crippen molar-refractivity contribution in [3.8, 4) is 0 Å². The van der Waals surface area contributed by atoms with Gasteiger partial charge in [-0.3, -0.25) is 9.59 Å². The zero-order valence-corrected chi connectivity index (χ0v) is 8.83. The maximum atomic E-state index is 10.9. The van der Waals surface area contributed by atoms with Crippen molar-refractivity contribution in [2.75, 3.05) is 27.3 Å². The third-order valence-corrected chi connectivity index (χ3v) is 1.79. The summed E-state index contributed by atoms with van der Waals surface area (Å²) in [5.74, 6) is -0.712. The van der Waals surface area contributed by atoms with Gasteiger partial charge in [0.2, 0.25) is 0 Å². The molecule has 0 aliphatic heterocycles. The first kappa shape index (κ1) is 12.9. The fourth-order valence-electron chi connectivity index (χ4n) is 0.896. The molecule has 0 spiro atoms. The minimum Gasteiger partial charge on any atom is -0.469 e. The predicted octanol–water partition coefficient (Wildman–Crippen LogP) is -0.0518. The van der Waals surface area contributed by atoms with Crippen LogP contribution in [0.3, 0.4) is 0 Å². The lowest BCUT2D eigenvalue weighted by Crippen LogP contribution is -2.29. The van der Waals surface area contributed by atoms with Crippen molar-refractivity contribution in [3.63, 3.8) is 0 Å². The second-order valence-corrected chi connectivity index (χ2v) is 2.95. The molecular formula is C9H17NO4. The van der Waals surface area contributed by atoms with E-state index in [9.17, 15) is 9.59 Å². The van der Waals surface area contributed by atoms with Crippen molar-refractivity contribution in [1.82, 2.24) is 5.32 Å². The molecule has 0 bridgehead atoms. The molecular weight excluding hydrogens is 186 g/mol. The van der Waals surface area contributed by atoms with Crippen molar-refractivity contribution in [1.29, 1.82) is 0 Å². The van der Waals surface area contributed by atoms with Gasteiger partial charge in [-0.2, -0.15) is 0 Å². The molecule has 0 aromatic carbocycles. The van der Waals surface area contributed by atoms with Crippen LogP contribution in [-0.4, -0.2) is 39.2 Å². The van der Waals surface area contributed by atoms with Crippen molar-refractivity contribution in [2.24, 2.45) is 5.92 Å². The van der Waals surface area contributed by atoms with E-state index in [1.54, 1.807) is 6.92 Å². The summed E-state index contributed by atoms with van der Waals surface area (Å²) in [5, 5.41) is 2.96. The van der Waals surface area contributed by atoms with Gasteiger partial charge >= 0.3 is 11.9 Å². The molecule has 0 unspecified atom stereocenters. The zero-order chi connectivity index (χ0) is 11.0. The lowest BCUT2D eigenvalue weighted by atomic mass is 10.2. The predicted molar refractivity (Wildman–Crippen MR) is 50.7 cm³/mol. The summed E-state index contributed by atoms with van der Waals surface area (Å²) in [6, 6.07) is 0. The number of hydrogen-bond acceptors (Lipinski definition) is 5. The van der Waals surface area contributed by atoms with E-state index in [0.29, 0.717) is 19.5 Å². The number of ether oxygens (including phenoxy) is 2. The van der Waals surface area contributed by atoms with Gasteiger partial charge in [-0.15, -0.1) is 0 Å². The highest BCUT2D eigenvalue weighted by atomic mass is 16.5. The third-order valence-electron chi connectivity index (χ3n) is 1.79. The van der Waals surface area contributed by atoms with Crippen molar-refractivity contribution >= 4 is 11.9 Å². The van der Waals surface area contributed by atoms with Gasteiger partial charge in [-0.05, 0) is 0 Å². The lowest BCUT2D eigenvalue weighted by molar-refractivity contribution is -0.144. The van der Waals surface area contributed by atoms with Gasteiger partial charge in [0.25, 0.3) is 0 Å². The molecule has 0 fully saturated rings. The van der Waals surface area contributed by atoms with E-state index in [2.05, 4.69) is 14.8 Å². The van der Waals surface area contributed by atoms with E-state index in [1.807, 2.05) is 0 Å². The molecule has 0 amide bonds. The Hall–Kier alpha value is -1.10. The lowest BCUT2D eigenvalue weighted by Gasteiger charge is -2.09. The van der Waals surface area contributed by atoms with Crippen molar-refractivity contribution in [3.05, 3.63) is 0 Å². The van der Waals surface area contributed by atoms with E-state index in [-0.39, 0.29) is 17.9 Å². The summed E-state index contributed by atoms with van der Waals surface area (Å²) < 4.78 is 9.00. The first-order chi connectivity index (χ1) is 6.61. The highest BCUT2D eigenvalue weighted by Gasteiger charge is 2.11. The quantitative estimate of drug-likeness (QED) is 0.484. The zero-order valence-electron chi connectivity index (χ0n) is 8.83. The van der Waals surface area contributed by atoms with Gasteiger partial charge in [0, 0.05) is 13.1 Å². The number of carbonyl (C=O) groups is 2. The van der Waals surface area contributed by atoms with Crippen LogP contribution in [0.15, 0.2) is 0 Å².